The monoisotopic (exact) mass is 780 g/mol. The van der Waals surface area contributed by atoms with Crippen LogP contribution in [0.15, 0.2) is 0 Å². The first-order valence-corrected chi connectivity index (χ1v) is 16.3. The first-order valence-electron chi connectivity index (χ1n) is 16.3. The Balaban J connectivity index is 1.57. The zero-order chi connectivity index (χ0) is 39.7. The fraction of sp³-hybridized carbons (Fsp3) is 0.929. The first-order chi connectivity index (χ1) is 24.7. The lowest BCUT2D eigenvalue weighted by molar-refractivity contribution is -0.378. The van der Waals surface area contributed by atoms with Gasteiger partial charge in [-0.05, 0) is 0 Å². The van der Waals surface area contributed by atoms with E-state index in [4.69, 9.17) is 44.6 Å². The molecule has 25 nitrogen and oxygen atoms in total. The normalized spacial score (nSPS) is 47.8. The highest BCUT2D eigenvalue weighted by Gasteiger charge is 2.61. The molecule has 308 valence electrons. The van der Waals surface area contributed by atoms with Crippen molar-refractivity contribution >= 4 is 11.9 Å². The Morgan fingerprint density at radius 1 is 0.679 bits per heavy atom. The molecule has 53 heavy (non-hydrogen) atoms. The van der Waals surface area contributed by atoms with Crippen molar-refractivity contribution in [2.45, 2.75) is 135 Å². The number of rotatable bonds is 14. The zero-order valence-corrected chi connectivity index (χ0v) is 27.7. The van der Waals surface area contributed by atoms with E-state index in [1.165, 1.54) is 0 Å². The summed E-state index contributed by atoms with van der Waals surface area (Å²) in [5, 5.41) is 143. The van der Waals surface area contributed by atoms with E-state index in [0.29, 0.717) is 0 Å². The maximum Gasteiger partial charge on any atom is 0.364 e. The molecule has 0 spiro atoms. The summed E-state index contributed by atoms with van der Waals surface area (Å²) in [6.45, 7) is -3.89. The summed E-state index contributed by atoms with van der Waals surface area (Å²) < 4.78 is 38.0. The number of aliphatic hydroxyl groups excluding tert-OH is 12. The number of carboxylic acid groups (broad SMARTS) is 2. The molecule has 4 rings (SSSR count). The average molecular weight is 781 g/mol. The minimum Gasteiger partial charge on any atom is -0.477 e. The topological polar surface area (TPSA) is 434 Å². The molecule has 0 aromatic heterocycles. The highest BCUT2D eigenvalue weighted by molar-refractivity contribution is 5.77. The second-order valence-corrected chi connectivity index (χ2v) is 13.3. The van der Waals surface area contributed by atoms with E-state index in [2.05, 4.69) is 0 Å². The number of ether oxygens (including phenoxy) is 7. The second kappa shape index (κ2) is 17.5. The fourth-order valence-electron chi connectivity index (χ4n) is 6.37. The summed E-state index contributed by atoms with van der Waals surface area (Å²) in [5.74, 6) is -10.1. The van der Waals surface area contributed by atoms with Crippen LogP contribution in [-0.2, 0) is 42.7 Å². The van der Waals surface area contributed by atoms with Gasteiger partial charge in [0, 0.05) is 12.8 Å². The van der Waals surface area contributed by atoms with Crippen molar-refractivity contribution < 1.29 is 114 Å². The van der Waals surface area contributed by atoms with Gasteiger partial charge in [-0.15, -0.1) is 0 Å². The third-order valence-electron chi connectivity index (χ3n) is 9.60. The van der Waals surface area contributed by atoms with Gasteiger partial charge in [-0.2, -0.15) is 0 Å². The minimum atomic E-state index is -3.05. The van der Waals surface area contributed by atoms with E-state index in [1.54, 1.807) is 0 Å². The predicted octanol–water partition coefficient (Wildman–Crippen LogP) is -10.1. The van der Waals surface area contributed by atoms with Gasteiger partial charge in [-0.3, -0.25) is 0 Å². The molecule has 1 unspecified atom stereocenters. The van der Waals surface area contributed by atoms with Crippen LogP contribution in [0.4, 0.5) is 0 Å². The van der Waals surface area contributed by atoms with Crippen LogP contribution in [0.2, 0.25) is 0 Å². The van der Waals surface area contributed by atoms with E-state index < -0.39 is 173 Å². The van der Waals surface area contributed by atoms with Crippen molar-refractivity contribution in [3.05, 3.63) is 0 Å². The van der Waals surface area contributed by atoms with Crippen LogP contribution in [0.3, 0.4) is 0 Å². The highest BCUT2D eigenvalue weighted by atomic mass is 16.8. The predicted molar refractivity (Wildman–Crippen MR) is 160 cm³/mol. The summed E-state index contributed by atoms with van der Waals surface area (Å²) in [4.78, 5) is 25.3. The molecule has 20 atom stereocenters. The molecular formula is C28H48N2O23. The van der Waals surface area contributed by atoms with Gasteiger partial charge in [-0.1, -0.05) is 0 Å². The van der Waals surface area contributed by atoms with E-state index in [1.807, 2.05) is 0 Å². The van der Waals surface area contributed by atoms with Gasteiger partial charge in [0.15, 0.2) is 12.6 Å². The van der Waals surface area contributed by atoms with Crippen molar-refractivity contribution in [1.82, 2.24) is 0 Å². The minimum absolute atomic E-state index is 0.633. The molecule has 4 aliphatic rings. The lowest BCUT2D eigenvalue weighted by atomic mass is 9.90. The van der Waals surface area contributed by atoms with Crippen molar-refractivity contribution in [1.29, 1.82) is 0 Å². The molecule has 0 bridgehead atoms. The summed E-state index contributed by atoms with van der Waals surface area (Å²) >= 11 is 0. The van der Waals surface area contributed by atoms with E-state index in [0.717, 1.165) is 0 Å². The molecule has 4 heterocycles. The number of hydrogen-bond donors (Lipinski definition) is 16. The molecule has 0 radical (unpaired) electrons. The molecule has 0 aromatic rings. The second-order valence-electron chi connectivity index (χ2n) is 13.3. The largest absolute Gasteiger partial charge is 0.477 e. The standard InChI is InChI=1S/C28H48N2O23/c29-13-19(40)16(37)11(49-23(13)42)5-47-24-14(30)20(41)17(38)12(50-24)6-48-27(25(43)44)2-10(18(39)22(52-27)9(35)4-32)51-28(26(45)46)1-7(33)15(36)21(53-28)8(34)3-31/h7-24,31-42H,1-6,29-30H2,(H,43,44)(H,45,46)/t7-,8-,9-,10-,11-,12-,13-,14-,15-,16-,17-,18-,19-,20-,21-,22-,23?,24-,27-,28-/m1/s1. The fourth-order valence-corrected chi connectivity index (χ4v) is 6.37. The molecular weight excluding hydrogens is 732 g/mol. The van der Waals surface area contributed by atoms with Gasteiger partial charge in [0.1, 0.15) is 73.2 Å². The summed E-state index contributed by atoms with van der Waals surface area (Å²) in [6.07, 6.45) is -32.1. The Morgan fingerprint density at radius 2 is 1.19 bits per heavy atom. The van der Waals surface area contributed by atoms with Crippen LogP contribution in [0.1, 0.15) is 12.8 Å². The number of carbonyl (C=O) groups is 2. The average Bonchev–Trinajstić information content (AvgIpc) is 3.12. The molecule has 4 aliphatic heterocycles. The summed E-state index contributed by atoms with van der Waals surface area (Å²) in [7, 11) is 0. The summed E-state index contributed by atoms with van der Waals surface area (Å²) in [5.41, 5.74) is 11.5. The molecule has 4 saturated heterocycles. The maximum atomic E-state index is 12.8. The SMILES string of the molecule is N[C@H]1[C@H](OC[C@H]2OC(O)[C@H](N)[C@@H](O)[C@@H]2O)O[C@H](CO[C@]2(C(=O)O)C[C@@H](O[C@]3(C(=O)O)C[C@@H](O)[C@@H](O)[C@@H]([C@H](O)CO)O3)[C@@H](O)[C@@H]([C@H](O)CO)O2)[C@@H](O)[C@@H]1O. The van der Waals surface area contributed by atoms with E-state index >= 15 is 0 Å². The van der Waals surface area contributed by atoms with Gasteiger partial charge in [0.2, 0.25) is 0 Å². The zero-order valence-electron chi connectivity index (χ0n) is 27.7. The molecule has 18 N–H and O–H groups in total. The maximum absolute atomic E-state index is 12.8. The third-order valence-corrected chi connectivity index (χ3v) is 9.60. The van der Waals surface area contributed by atoms with Crippen LogP contribution in [0.5, 0.6) is 0 Å². The number of hydrogen-bond acceptors (Lipinski definition) is 23. The van der Waals surface area contributed by atoms with Gasteiger partial charge in [0.25, 0.3) is 11.6 Å². The Hall–Kier alpha value is -1.90. The first kappa shape index (κ1) is 43.8. The van der Waals surface area contributed by atoms with Crippen molar-refractivity contribution in [3.8, 4) is 0 Å². The van der Waals surface area contributed by atoms with Crippen LogP contribution in [0.25, 0.3) is 0 Å². The van der Waals surface area contributed by atoms with Gasteiger partial charge < -0.3 is 116 Å². The van der Waals surface area contributed by atoms with Crippen LogP contribution in [-0.4, -0.2) is 232 Å². The number of nitrogens with two attached hydrogens (primary N) is 2. The van der Waals surface area contributed by atoms with Crippen LogP contribution in [0, 0.1) is 0 Å². The summed E-state index contributed by atoms with van der Waals surface area (Å²) in [6, 6.07) is -2.86. The third kappa shape index (κ3) is 8.90. The molecule has 0 aromatic carbocycles. The Labute approximate surface area is 298 Å². The quantitative estimate of drug-likeness (QED) is 0.0778. The molecule has 0 aliphatic carbocycles. The molecule has 25 heteroatoms. The van der Waals surface area contributed by atoms with E-state index in [-0.39, 0.29) is 0 Å². The number of aliphatic carboxylic acids is 2. The van der Waals surface area contributed by atoms with Crippen molar-refractivity contribution in [2.24, 2.45) is 11.5 Å². The molecule has 4 fully saturated rings. The Kier molecular flexibility index (Phi) is 14.5. The van der Waals surface area contributed by atoms with Crippen LogP contribution >= 0.6 is 0 Å². The smallest absolute Gasteiger partial charge is 0.364 e. The number of carboxylic acids is 2. The van der Waals surface area contributed by atoms with Crippen molar-refractivity contribution in [2.75, 3.05) is 26.4 Å². The van der Waals surface area contributed by atoms with E-state index in [9.17, 15) is 81.1 Å². The lowest BCUT2D eigenvalue weighted by Crippen LogP contribution is -2.68. The van der Waals surface area contributed by atoms with Crippen LogP contribution < -0.4 is 11.5 Å². The Bertz CT molecular complexity index is 1240. The highest BCUT2D eigenvalue weighted by Crippen LogP contribution is 2.40. The van der Waals surface area contributed by atoms with Gasteiger partial charge in [-0.25, -0.2) is 9.59 Å². The molecule has 0 saturated carbocycles. The Morgan fingerprint density at radius 3 is 1.74 bits per heavy atom. The lowest BCUT2D eigenvalue weighted by Gasteiger charge is -2.50. The molecule has 0 amide bonds. The number of aliphatic hydroxyl groups is 12. The van der Waals surface area contributed by atoms with Gasteiger partial charge in [0.05, 0.1) is 50.7 Å². The van der Waals surface area contributed by atoms with Gasteiger partial charge >= 0.3 is 11.9 Å². The van der Waals surface area contributed by atoms with Crippen molar-refractivity contribution in [3.63, 3.8) is 0 Å².